The molecule has 2 aromatic rings. The summed E-state index contributed by atoms with van der Waals surface area (Å²) < 4.78 is 11.3. The van der Waals surface area contributed by atoms with E-state index in [1.807, 2.05) is 54.6 Å². The summed E-state index contributed by atoms with van der Waals surface area (Å²) in [5, 5.41) is 0. The largest absolute Gasteiger partial charge is 0.493 e. The number of ether oxygens (including phenoxy) is 2. The first-order valence-corrected chi connectivity index (χ1v) is 6.69. The maximum atomic E-state index is 10.8. The number of ketones is 1. The molecule has 0 aromatic heterocycles. The number of hydrogen-bond acceptors (Lipinski definition) is 3. The molecule has 2 aromatic carbocycles. The first-order chi connectivity index (χ1) is 9.74. The molecule has 20 heavy (non-hydrogen) atoms. The topological polar surface area (TPSA) is 35.5 Å². The lowest BCUT2D eigenvalue weighted by Crippen LogP contribution is -2.00. The lowest BCUT2D eigenvalue weighted by Gasteiger charge is -2.09. The third kappa shape index (κ3) is 4.76. The van der Waals surface area contributed by atoms with Gasteiger partial charge in [-0.25, -0.2) is 0 Å². The molecule has 0 bridgehead atoms. The van der Waals surface area contributed by atoms with Crippen molar-refractivity contribution in [2.45, 2.75) is 19.8 Å². The van der Waals surface area contributed by atoms with Gasteiger partial charge in [-0.15, -0.1) is 0 Å². The highest BCUT2D eigenvalue weighted by Crippen LogP contribution is 2.25. The van der Waals surface area contributed by atoms with Gasteiger partial charge in [-0.05, 0) is 37.6 Å². The van der Waals surface area contributed by atoms with E-state index in [2.05, 4.69) is 0 Å². The van der Waals surface area contributed by atoms with Gasteiger partial charge in [-0.2, -0.15) is 0 Å². The van der Waals surface area contributed by atoms with Crippen molar-refractivity contribution in [3.8, 4) is 17.2 Å². The van der Waals surface area contributed by atoms with Crippen LogP contribution in [0.5, 0.6) is 17.2 Å². The number of carbonyl (C=O) groups excluding carboxylic acids is 1. The van der Waals surface area contributed by atoms with Crippen LogP contribution in [0, 0.1) is 0 Å². The van der Waals surface area contributed by atoms with E-state index in [1.165, 1.54) is 0 Å². The van der Waals surface area contributed by atoms with Gasteiger partial charge in [0.25, 0.3) is 0 Å². The molecular weight excluding hydrogens is 252 g/mol. The summed E-state index contributed by atoms with van der Waals surface area (Å²) in [5.41, 5.74) is 0. The van der Waals surface area contributed by atoms with Gasteiger partial charge in [-0.1, -0.05) is 24.3 Å². The van der Waals surface area contributed by atoms with Gasteiger partial charge in [-0.3, -0.25) is 0 Å². The Balaban J connectivity index is 1.89. The predicted molar refractivity (Wildman–Crippen MR) is 78.4 cm³/mol. The van der Waals surface area contributed by atoms with Crippen LogP contribution in [0.3, 0.4) is 0 Å². The summed E-state index contributed by atoms with van der Waals surface area (Å²) in [6, 6.07) is 17.1. The van der Waals surface area contributed by atoms with Crippen molar-refractivity contribution in [1.82, 2.24) is 0 Å². The molecule has 0 N–H and O–H groups in total. The van der Waals surface area contributed by atoms with Crippen molar-refractivity contribution in [3.63, 3.8) is 0 Å². The summed E-state index contributed by atoms with van der Waals surface area (Å²) in [5.74, 6) is 2.47. The SMILES string of the molecule is CC(=O)CCCOc1cccc(Oc2ccccc2)c1. The van der Waals surface area contributed by atoms with Gasteiger partial charge >= 0.3 is 0 Å². The van der Waals surface area contributed by atoms with Crippen LogP contribution in [0.15, 0.2) is 54.6 Å². The second kappa shape index (κ2) is 7.34. The highest BCUT2D eigenvalue weighted by Gasteiger charge is 2.00. The first kappa shape index (κ1) is 14.1. The first-order valence-electron chi connectivity index (χ1n) is 6.69. The van der Waals surface area contributed by atoms with Crippen LogP contribution in [0.25, 0.3) is 0 Å². The minimum atomic E-state index is 0.190. The second-order valence-electron chi connectivity index (χ2n) is 4.54. The molecule has 0 aliphatic rings. The Morgan fingerprint density at radius 1 is 0.950 bits per heavy atom. The molecule has 0 radical (unpaired) electrons. The Hall–Kier alpha value is -2.29. The average Bonchev–Trinajstić information content (AvgIpc) is 2.45. The zero-order valence-corrected chi connectivity index (χ0v) is 11.5. The zero-order valence-electron chi connectivity index (χ0n) is 11.5. The third-order valence-corrected chi connectivity index (χ3v) is 2.73. The van der Waals surface area contributed by atoms with E-state index in [-0.39, 0.29) is 5.78 Å². The molecule has 3 heteroatoms. The monoisotopic (exact) mass is 270 g/mol. The average molecular weight is 270 g/mol. The van der Waals surface area contributed by atoms with Crippen LogP contribution in [-0.4, -0.2) is 12.4 Å². The van der Waals surface area contributed by atoms with Gasteiger partial charge in [0, 0.05) is 12.5 Å². The molecule has 0 aliphatic heterocycles. The number of benzene rings is 2. The predicted octanol–water partition coefficient (Wildman–Crippen LogP) is 4.23. The Labute approximate surface area is 119 Å². The lowest BCUT2D eigenvalue weighted by atomic mass is 10.2. The van der Waals surface area contributed by atoms with Crippen molar-refractivity contribution in [3.05, 3.63) is 54.6 Å². The summed E-state index contributed by atoms with van der Waals surface area (Å²) in [7, 11) is 0. The van der Waals surface area contributed by atoms with Crippen LogP contribution in [-0.2, 0) is 4.79 Å². The Morgan fingerprint density at radius 3 is 2.40 bits per heavy atom. The Kier molecular flexibility index (Phi) is 5.18. The number of hydrogen-bond donors (Lipinski definition) is 0. The van der Waals surface area contributed by atoms with Crippen molar-refractivity contribution in [2.24, 2.45) is 0 Å². The molecule has 0 atom stereocenters. The third-order valence-electron chi connectivity index (χ3n) is 2.73. The fourth-order valence-electron chi connectivity index (χ4n) is 1.76. The molecule has 3 nitrogen and oxygen atoms in total. The van der Waals surface area contributed by atoms with Crippen molar-refractivity contribution in [2.75, 3.05) is 6.61 Å². The van der Waals surface area contributed by atoms with E-state index in [4.69, 9.17) is 9.47 Å². The fourth-order valence-corrected chi connectivity index (χ4v) is 1.76. The maximum Gasteiger partial charge on any atom is 0.131 e. The molecule has 0 spiro atoms. The molecule has 0 heterocycles. The van der Waals surface area contributed by atoms with Gasteiger partial charge in [0.1, 0.15) is 23.0 Å². The van der Waals surface area contributed by atoms with Gasteiger partial charge in [0.15, 0.2) is 0 Å². The lowest BCUT2D eigenvalue weighted by molar-refractivity contribution is -0.117. The Bertz CT molecular complexity index is 549. The number of carbonyl (C=O) groups is 1. The van der Waals surface area contributed by atoms with Crippen molar-refractivity contribution < 1.29 is 14.3 Å². The van der Waals surface area contributed by atoms with Crippen LogP contribution in [0.1, 0.15) is 19.8 Å². The normalized spacial score (nSPS) is 10.1. The molecule has 0 saturated carbocycles. The van der Waals surface area contributed by atoms with E-state index in [1.54, 1.807) is 6.92 Å². The number of rotatable bonds is 7. The highest BCUT2D eigenvalue weighted by atomic mass is 16.5. The van der Waals surface area contributed by atoms with E-state index in [0.29, 0.717) is 13.0 Å². The zero-order chi connectivity index (χ0) is 14.2. The fraction of sp³-hybridized carbons (Fsp3) is 0.235. The maximum absolute atomic E-state index is 10.8. The van der Waals surface area contributed by atoms with E-state index < -0.39 is 0 Å². The van der Waals surface area contributed by atoms with Crippen LogP contribution < -0.4 is 9.47 Å². The van der Waals surface area contributed by atoms with E-state index in [0.717, 1.165) is 23.7 Å². The van der Waals surface area contributed by atoms with Crippen LogP contribution >= 0.6 is 0 Å². The molecular formula is C17H18O3. The molecule has 0 unspecified atom stereocenters. The van der Waals surface area contributed by atoms with E-state index >= 15 is 0 Å². The number of Topliss-reactive ketones (excluding diaryl/α,β-unsaturated/α-hetero) is 1. The minimum absolute atomic E-state index is 0.190. The molecule has 2 rings (SSSR count). The van der Waals surface area contributed by atoms with Gasteiger partial charge in [0.05, 0.1) is 6.61 Å². The standard InChI is InChI=1S/C17H18O3/c1-14(18)7-6-12-19-16-10-5-11-17(13-16)20-15-8-3-2-4-9-15/h2-5,8-11,13H,6-7,12H2,1H3. The number of para-hydroxylation sites is 1. The second-order valence-corrected chi connectivity index (χ2v) is 4.54. The smallest absolute Gasteiger partial charge is 0.131 e. The summed E-state index contributed by atoms with van der Waals surface area (Å²) in [4.78, 5) is 10.8. The summed E-state index contributed by atoms with van der Waals surface area (Å²) >= 11 is 0. The molecule has 0 aliphatic carbocycles. The molecule has 0 saturated heterocycles. The Morgan fingerprint density at radius 2 is 1.65 bits per heavy atom. The van der Waals surface area contributed by atoms with Gasteiger partial charge in [0.2, 0.25) is 0 Å². The molecule has 0 fully saturated rings. The quantitative estimate of drug-likeness (QED) is 0.706. The van der Waals surface area contributed by atoms with Crippen LogP contribution in [0.2, 0.25) is 0 Å². The van der Waals surface area contributed by atoms with Gasteiger partial charge < -0.3 is 14.3 Å². The molecule has 0 amide bonds. The summed E-state index contributed by atoms with van der Waals surface area (Å²) in [6.45, 7) is 2.13. The van der Waals surface area contributed by atoms with Crippen molar-refractivity contribution in [1.29, 1.82) is 0 Å². The highest BCUT2D eigenvalue weighted by molar-refractivity contribution is 5.75. The minimum Gasteiger partial charge on any atom is -0.493 e. The summed E-state index contributed by atoms with van der Waals surface area (Å²) in [6.07, 6.45) is 1.29. The van der Waals surface area contributed by atoms with Crippen molar-refractivity contribution >= 4 is 5.78 Å². The van der Waals surface area contributed by atoms with E-state index in [9.17, 15) is 4.79 Å². The van der Waals surface area contributed by atoms with Crippen LogP contribution in [0.4, 0.5) is 0 Å². The molecule has 104 valence electrons.